The van der Waals surface area contributed by atoms with Crippen LogP contribution in [0.25, 0.3) is 0 Å². The van der Waals surface area contributed by atoms with E-state index in [0.717, 1.165) is 12.8 Å². The first-order valence-corrected chi connectivity index (χ1v) is 5.89. The van der Waals surface area contributed by atoms with Gasteiger partial charge in [-0.25, -0.2) is 0 Å². The van der Waals surface area contributed by atoms with Gasteiger partial charge in [0.1, 0.15) is 6.10 Å². The van der Waals surface area contributed by atoms with E-state index in [9.17, 15) is 14.9 Å². The second-order valence-electron chi connectivity index (χ2n) is 4.31. The summed E-state index contributed by atoms with van der Waals surface area (Å²) in [6, 6.07) is 0. The molecule has 1 saturated carbocycles. The highest BCUT2D eigenvalue weighted by Gasteiger charge is 2.24. The van der Waals surface area contributed by atoms with Gasteiger partial charge in [0.25, 0.3) is 5.09 Å². The quantitative estimate of drug-likeness (QED) is 0.514. The van der Waals surface area contributed by atoms with Crippen LogP contribution >= 0.6 is 0 Å². The Morgan fingerprint density at radius 1 is 1.41 bits per heavy atom. The lowest BCUT2D eigenvalue weighted by molar-refractivity contribution is -0.769. The molecule has 0 aromatic heterocycles. The van der Waals surface area contributed by atoms with Gasteiger partial charge in [-0.2, -0.15) is 0 Å². The molecule has 1 aliphatic rings. The van der Waals surface area contributed by atoms with E-state index in [1.807, 2.05) is 0 Å². The Hall–Kier alpha value is -1.37. The standard InChI is InChI=1S/C10H19N3O4/c11-5-6-12-10(14)7-8-1-3-9(4-2-8)17-13(15)16/h8-9H,1-7,11H2,(H,12,14). The summed E-state index contributed by atoms with van der Waals surface area (Å²) in [6.07, 6.45) is 3.08. The maximum Gasteiger partial charge on any atom is 0.294 e. The molecule has 0 aliphatic heterocycles. The molecule has 1 aliphatic carbocycles. The van der Waals surface area contributed by atoms with Gasteiger partial charge in [0, 0.05) is 19.5 Å². The minimum Gasteiger partial charge on any atom is -0.355 e. The molecule has 0 atom stereocenters. The number of nitrogens with one attached hydrogen (secondary N) is 1. The fourth-order valence-electron chi connectivity index (χ4n) is 2.11. The molecule has 98 valence electrons. The minimum atomic E-state index is -0.737. The molecule has 0 radical (unpaired) electrons. The Bertz CT molecular complexity index is 264. The van der Waals surface area contributed by atoms with E-state index < -0.39 is 5.09 Å². The summed E-state index contributed by atoms with van der Waals surface area (Å²) >= 11 is 0. The largest absolute Gasteiger partial charge is 0.355 e. The molecule has 17 heavy (non-hydrogen) atoms. The lowest BCUT2D eigenvalue weighted by atomic mass is 9.85. The average Bonchev–Trinajstić information content (AvgIpc) is 2.28. The molecule has 3 N–H and O–H groups in total. The maximum atomic E-state index is 11.4. The van der Waals surface area contributed by atoms with E-state index in [4.69, 9.17) is 5.73 Å². The van der Waals surface area contributed by atoms with Crippen LogP contribution < -0.4 is 11.1 Å². The summed E-state index contributed by atoms with van der Waals surface area (Å²) < 4.78 is 0. The van der Waals surface area contributed by atoms with Gasteiger partial charge in [-0.1, -0.05) is 0 Å². The predicted molar refractivity (Wildman–Crippen MR) is 60.5 cm³/mol. The van der Waals surface area contributed by atoms with E-state index >= 15 is 0 Å². The first kappa shape index (κ1) is 13.7. The van der Waals surface area contributed by atoms with Crippen molar-refractivity contribution in [2.45, 2.75) is 38.2 Å². The fourth-order valence-corrected chi connectivity index (χ4v) is 2.11. The van der Waals surface area contributed by atoms with Crippen molar-refractivity contribution >= 4 is 5.91 Å². The number of hydrogen-bond acceptors (Lipinski definition) is 5. The van der Waals surface area contributed by atoms with Crippen LogP contribution in [0.1, 0.15) is 32.1 Å². The minimum absolute atomic E-state index is 0.00842. The molecule has 1 rings (SSSR count). The average molecular weight is 245 g/mol. The van der Waals surface area contributed by atoms with Crippen LogP contribution in [-0.2, 0) is 9.63 Å². The smallest absolute Gasteiger partial charge is 0.294 e. The number of hydrogen-bond donors (Lipinski definition) is 2. The highest BCUT2D eigenvalue weighted by molar-refractivity contribution is 5.76. The van der Waals surface area contributed by atoms with Gasteiger partial charge < -0.3 is 15.9 Å². The van der Waals surface area contributed by atoms with Gasteiger partial charge >= 0.3 is 0 Å². The number of carbonyl (C=O) groups is 1. The second kappa shape index (κ2) is 7.05. The molecule has 0 spiro atoms. The third-order valence-corrected chi connectivity index (χ3v) is 2.97. The molecule has 0 saturated heterocycles. The van der Waals surface area contributed by atoms with Crippen molar-refractivity contribution in [3.63, 3.8) is 0 Å². The zero-order valence-corrected chi connectivity index (χ0v) is 9.76. The van der Waals surface area contributed by atoms with E-state index in [1.54, 1.807) is 0 Å². The van der Waals surface area contributed by atoms with Crippen molar-refractivity contribution in [1.29, 1.82) is 0 Å². The van der Waals surface area contributed by atoms with E-state index in [2.05, 4.69) is 10.2 Å². The Labute approximate surface area is 99.8 Å². The summed E-state index contributed by atoms with van der Waals surface area (Å²) in [7, 11) is 0. The molecular formula is C10H19N3O4. The summed E-state index contributed by atoms with van der Waals surface area (Å²) in [6.45, 7) is 0.938. The maximum absolute atomic E-state index is 11.4. The van der Waals surface area contributed by atoms with Crippen molar-refractivity contribution in [3.05, 3.63) is 10.1 Å². The Balaban J connectivity index is 2.18. The van der Waals surface area contributed by atoms with Crippen molar-refractivity contribution in [3.8, 4) is 0 Å². The second-order valence-corrected chi connectivity index (χ2v) is 4.31. The lowest BCUT2D eigenvalue weighted by Gasteiger charge is -2.26. The van der Waals surface area contributed by atoms with Crippen LogP contribution in [0.3, 0.4) is 0 Å². The molecule has 0 heterocycles. The van der Waals surface area contributed by atoms with Crippen LogP contribution in [0.2, 0.25) is 0 Å². The Morgan fingerprint density at radius 2 is 2.06 bits per heavy atom. The third kappa shape index (κ3) is 5.48. The fraction of sp³-hybridized carbons (Fsp3) is 0.900. The van der Waals surface area contributed by atoms with E-state index in [0.29, 0.717) is 38.3 Å². The predicted octanol–water partition coefficient (Wildman–Crippen LogP) is 0.218. The molecule has 1 fully saturated rings. The molecular weight excluding hydrogens is 226 g/mol. The molecule has 7 nitrogen and oxygen atoms in total. The highest BCUT2D eigenvalue weighted by atomic mass is 17.0. The molecule has 0 aromatic carbocycles. The zero-order chi connectivity index (χ0) is 12.7. The van der Waals surface area contributed by atoms with Crippen LogP contribution in [0, 0.1) is 16.0 Å². The number of amides is 1. The van der Waals surface area contributed by atoms with Crippen LogP contribution in [0.15, 0.2) is 0 Å². The monoisotopic (exact) mass is 245 g/mol. The molecule has 0 bridgehead atoms. The molecule has 1 amide bonds. The molecule has 7 heteroatoms. The number of nitrogens with two attached hydrogens (primary N) is 1. The van der Waals surface area contributed by atoms with Gasteiger partial charge in [0.15, 0.2) is 0 Å². The number of nitrogens with zero attached hydrogens (tertiary/aromatic N) is 1. The van der Waals surface area contributed by atoms with Crippen molar-refractivity contribution in [2.75, 3.05) is 13.1 Å². The van der Waals surface area contributed by atoms with Gasteiger partial charge in [-0.05, 0) is 31.6 Å². The zero-order valence-electron chi connectivity index (χ0n) is 9.76. The van der Waals surface area contributed by atoms with Crippen molar-refractivity contribution < 1.29 is 14.7 Å². The highest BCUT2D eigenvalue weighted by Crippen LogP contribution is 2.28. The van der Waals surface area contributed by atoms with Crippen LogP contribution in [0.4, 0.5) is 0 Å². The summed E-state index contributed by atoms with van der Waals surface area (Å²) in [5.74, 6) is 0.313. The van der Waals surface area contributed by atoms with Gasteiger partial charge in [0.05, 0.1) is 0 Å². The van der Waals surface area contributed by atoms with Crippen LogP contribution in [-0.4, -0.2) is 30.2 Å². The van der Waals surface area contributed by atoms with E-state index in [1.165, 1.54) is 0 Å². The molecule has 0 aromatic rings. The summed E-state index contributed by atoms with van der Waals surface area (Å²) in [5.41, 5.74) is 5.28. The molecule has 0 unspecified atom stereocenters. The Kier molecular flexibility index (Phi) is 5.68. The van der Waals surface area contributed by atoms with Gasteiger partial charge in [-0.3, -0.25) is 4.79 Å². The number of carbonyl (C=O) groups excluding carboxylic acids is 1. The normalized spacial score (nSPS) is 24.1. The topological polar surface area (TPSA) is 107 Å². The van der Waals surface area contributed by atoms with E-state index in [-0.39, 0.29) is 12.0 Å². The summed E-state index contributed by atoms with van der Waals surface area (Å²) in [5, 5.41) is 12.1. The summed E-state index contributed by atoms with van der Waals surface area (Å²) in [4.78, 5) is 26.1. The first-order valence-electron chi connectivity index (χ1n) is 5.89. The first-order chi connectivity index (χ1) is 8.11. The van der Waals surface area contributed by atoms with Crippen molar-refractivity contribution in [2.24, 2.45) is 11.7 Å². The van der Waals surface area contributed by atoms with Gasteiger partial charge in [0.2, 0.25) is 5.91 Å². The van der Waals surface area contributed by atoms with Crippen LogP contribution in [0.5, 0.6) is 0 Å². The third-order valence-electron chi connectivity index (χ3n) is 2.97. The number of rotatable bonds is 6. The SMILES string of the molecule is NCCNC(=O)CC1CCC(O[N+](=O)[O-])CC1. The lowest BCUT2D eigenvalue weighted by Crippen LogP contribution is -2.32. The van der Waals surface area contributed by atoms with Gasteiger partial charge in [-0.15, -0.1) is 10.1 Å². The Morgan fingerprint density at radius 3 is 2.59 bits per heavy atom. The van der Waals surface area contributed by atoms with Crippen molar-refractivity contribution in [1.82, 2.24) is 5.32 Å².